The molecule has 0 spiro atoms. The van der Waals surface area contributed by atoms with Crippen LogP contribution < -0.4 is 15.2 Å². The van der Waals surface area contributed by atoms with Gasteiger partial charge in [0.05, 0.1) is 6.61 Å². The van der Waals surface area contributed by atoms with Gasteiger partial charge in [-0.2, -0.15) is 5.10 Å². The summed E-state index contributed by atoms with van der Waals surface area (Å²) in [6, 6.07) is 7.64. The van der Waals surface area contributed by atoms with Gasteiger partial charge in [-0.3, -0.25) is 4.68 Å². The van der Waals surface area contributed by atoms with Crippen LogP contribution in [0, 0.1) is 0 Å². The van der Waals surface area contributed by atoms with Crippen LogP contribution in [0.25, 0.3) is 0 Å². The second-order valence-electron chi connectivity index (χ2n) is 4.60. The van der Waals surface area contributed by atoms with Gasteiger partial charge in [0.15, 0.2) is 11.5 Å². The minimum atomic E-state index is 0.298. The van der Waals surface area contributed by atoms with Crippen molar-refractivity contribution in [1.82, 2.24) is 9.78 Å². The fraction of sp³-hybridized carbons (Fsp3) is 0.357. The Bertz CT molecular complexity index is 583. The summed E-state index contributed by atoms with van der Waals surface area (Å²) < 4.78 is 18.0. The van der Waals surface area contributed by atoms with E-state index >= 15 is 0 Å². The van der Waals surface area contributed by atoms with Crippen LogP contribution in [0.2, 0.25) is 0 Å². The molecular weight excluding hydrogens is 258 g/mol. The number of fused-ring (bicyclic) bond motifs is 1. The van der Waals surface area contributed by atoms with Gasteiger partial charge in [-0.15, -0.1) is 0 Å². The highest BCUT2D eigenvalue weighted by Gasteiger charge is 2.12. The molecule has 2 heterocycles. The second kappa shape index (κ2) is 5.83. The van der Waals surface area contributed by atoms with Crippen molar-refractivity contribution in [2.45, 2.75) is 19.6 Å². The Morgan fingerprint density at radius 3 is 3.00 bits per heavy atom. The lowest BCUT2D eigenvalue weighted by molar-refractivity contribution is 0.115. The Hall–Kier alpha value is -2.21. The van der Waals surface area contributed by atoms with Gasteiger partial charge in [-0.05, 0) is 30.2 Å². The Labute approximate surface area is 117 Å². The Morgan fingerprint density at radius 1 is 1.25 bits per heavy atom. The van der Waals surface area contributed by atoms with Gasteiger partial charge in [-0.1, -0.05) is 6.07 Å². The van der Waals surface area contributed by atoms with Gasteiger partial charge in [0.1, 0.15) is 5.82 Å². The van der Waals surface area contributed by atoms with Gasteiger partial charge in [0.25, 0.3) is 0 Å². The number of hydrogen-bond acceptors (Lipinski definition) is 5. The maximum absolute atomic E-state index is 5.64. The van der Waals surface area contributed by atoms with Crippen molar-refractivity contribution >= 4 is 5.82 Å². The number of benzene rings is 1. The molecule has 0 saturated heterocycles. The standard InChI is InChI=1S/C14H17N3O3/c15-14-4-6-17(16-14)5-1-7-18-9-11-2-3-12-13(8-11)20-10-19-12/h2-4,6,8H,1,5,7,9-10H2,(H2,15,16). The molecule has 1 aliphatic heterocycles. The molecule has 6 heteroatoms. The topological polar surface area (TPSA) is 71.5 Å². The number of hydrogen-bond donors (Lipinski definition) is 1. The van der Waals surface area contributed by atoms with Crippen LogP contribution in [0.4, 0.5) is 5.82 Å². The normalized spacial score (nSPS) is 12.8. The molecule has 0 amide bonds. The Balaban J connectivity index is 1.39. The molecule has 2 aromatic rings. The van der Waals surface area contributed by atoms with Crippen LogP contribution in [0.1, 0.15) is 12.0 Å². The average molecular weight is 275 g/mol. The molecule has 1 aromatic carbocycles. The first kappa shape index (κ1) is 12.8. The molecule has 0 aliphatic carbocycles. The first-order valence-electron chi connectivity index (χ1n) is 6.56. The molecule has 3 rings (SSSR count). The maximum atomic E-state index is 5.64. The van der Waals surface area contributed by atoms with E-state index in [0.29, 0.717) is 25.8 Å². The van der Waals surface area contributed by atoms with E-state index < -0.39 is 0 Å². The molecule has 2 N–H and O–H groups in total. The fourth-order valence-electron chi connectivity index (χ4n) is 2.05. The number of nitrogens with two attached hydrogens (primary N) is 1. The minimum absolute atomic E-state index is 0.298. The first-order chi connectivity index (χ1) is 9.81. The van der Waals surface area contributed by atoms with Gasteiger partial charge in [0.2, 0.25) is 6.79 Å². The van der Waals surface area contributed by atoms with Crippen molar-refractivity contribution in [3.8, 4) is 11.5 Å². The average Bonchev–Trinajstić information content (AvgIpc) is 3.06. The third-order valence-corrected chi connectivity index (χ3v) is 3.04. The van der Waals surface area contributed by atoms with Gasteiger partial charge < -0.3 is 19.9 Å². The molecule has 20 heavy (non-hydrogen) atoms. The van der Waals surface area contributed by atoms with E-state index in [-0.39, 0.29) is 0 Å². The number of nitrogens with zero attached hydrogens (tertiary/aromatic N) is 2. The third kappa shape index (κ3) is 3.03. The molecule has 106 valence electrons. The summed E-state index contributed by atoms with van der Waals surface area (Å²) in [6.07, 6.45) is 2.76. The van der Waals surface area contributed by atoms with Crippen molar-refractivity contribution in [1.29, 1.82) is 0 Å². The maximum Gasteiger partial charge on any atom is 0.231 e. The quantitative estimate of drug-likeness (QED) is 0.814. The number of nitrogen functional groups attached to an aromatic ring is 1. The highest BCUT2D eigenvalue weighted by Crippen LogP contribution is 2.32. The highest BCUT2D eigenvalue weighted by molar-refractivity contribution is 5.44. The molecular formula is C14H17N3O3. The lowest BCUT2D eigenvalue weighted by Gasteiger charge is -2.05. The number of aromatic nitrogens is 2. The fourth-order valence-corrected chi connectivity index (χ4v) is 2.05. The first-order valence-corrected chi connectivity index (χ1v) is 6.56. The number of rotatable bonds is 6. The summed E-state index contributed by atoms with van der Waals surface area (Å²) in [6.45, 7) is 2.34. The molecule has 0 saturated carbocycles. The Morgan fingerprint density at radius 2 is 2.15 bits per heavy atom. The van der Waals surface area contributed by atoms with Crippen molar-refractivity contribution in [3.05, 3.63) is 36.0 Å². The van der Waals surface area contributed by atoms with Crippen LogP contribution in [0.15, 0.2) is 30.5 Å². The van der Waals surface area contributed by atoms with Crippen molar-refractivity contribution < 1.29 is 14.2 Å². The van der Waals surface area contributed by atoms with E-state index in [2.05, 4.69) is 5.10 Å². The van der Waals surface area contributed by atoms with E-state index in [4.69, 9.17) is 19.9 Å². The van der Waals surface area contributed by atoms with Gasteiger partial charge in [-0.25, -0.2) is 0 Å². The summed E-state index contributed by atoms with van der Waals surface area (Å²) in [7, 11) is 0. The van der Waals surface area contributed by atoms with Crippen molar-refractivity contribution in [2.24, 2.45) is 0 Å². The number of ether oxygens (including phenoxy) is 3. The predicted octanol–water partition coefficient (Wildman–Crippen LogP) is 1.80. The zero-order chi connectivity index (χ0) is 13.8. The van der Waals surface area contributed by atoms with Crippen molar-refractivity contribution in [2.75, 3.05) is 19.1 Å². The molecule has 1 aromatic heterocycles. The molecule has 0 bridgehead atoms. The number of anilines is 1. The minimum Gasteiger partial charge on any atom is -0.454 e. The summed E-state index contributed by atoms with van der Waals surface area (Å²) in [5, 5.41) is 4.11. The zero-order valence-electron chi connectivity index (χ0n) is 11.1. The van der Waals surface area contributed by atoms with E-state index in [0.717, 1.165) is 30.0 Å². The molecule has 0 fully saturated rings. The van der Waals surface area contributed by atoms with E-state index in [9.17, 15) is 0 Å². The summed E-state index contributed by atoms with van der Waals surface area (Å²) in [4.78, 5) is 0. The van der Waals surface area contributed by atoms with Crippen LogP contribution in [-0.2, 0) is 17.9 Å². The van der Waals surface area contributed by atoms with Crippen LogP contribution in [-0.4, -0.2) is 23.2 Å². The SMILES string of the molecule is Nc1ccn(CCCOCc2ccc3c(c2)OCO3)n1. The molecule has 6 nitrogen and oxygen atoms in total. The van der Waals surface area contributed by atoms with Crippen LogP contribution >= 0.6 is 0 Å². The molecule has 1 aliphatic rings. The highest BCUT2D eigenvalue weighted by atomic mass is 16.7. The summed E-state index contributed by atoms with van der Waals surface area (Å²) in [5.41, 5.74) is 6.63. The monoisotopic (exact) mass is 275 g/mol. The predicted molar refractivity (Wildman–Crippen MR) is 73.5 cm³/mol. The zero-order valence-corrected chi connectivity index (χ0v) is 11.1. The second-order valence-corrected chi connectivity index (χ2v) is 4.60. The Kier molecular flexibility index (Phi) is 3.73. The summed E-state index contributed by atoms with van der Waals surface area (Å²) >= 11 is 0. The third-order valence-electron chi connectivity index (χ3n) is 3.04. The summed E-state index contributed by atoms with van der Waals surface area (Å²) in [5.74, 6) is 2.13. The van der Waals surface area contributed by atoms with E-state index in [1.807, 2.05) is 29.1 Å². The van der Waals surface area contributed by atoms with Gasteiger partial charge >= 0.3 is 0 Å². The number of aryl methyl sites for hydroxylation is 1. The molecule has 0 radical (unpaired) electrons. The van der Waals surface area contributed by atoms with E-state index in [1.54, 1.807) is 6.07 Å². The smallest absolute Gasteiger partial charge is 0.231 e. The molecule has 0 atom stereocenters. The van der Waals surface area contributed by atoms with Crippen LogP contribution in [0.5, 0.6) is 11.5 Å². The lowest BCUT2D eigenvalue weighted by atomic mass is 10.2. The molecule has 0 unspecified atom stereocenters. The van der Waals surface area contributed by atoms with Crippen molar-refractivity contribution in [3.63, 3.8) is 0 Å². The van der Waals surface area contributed by atoms with Gasteiger partial charge in [0, 0.05) is 19.3 Å². The van der Waals surface area contributed by atoms with Crippen LogP contribution in [0.3, 0.4) is 0 Å². The van der Waals surface area contributed by atoms with E-state index in [1.165, 1.54) is 0 Å². The lowest BCUT2D eigenvalue weighted by Crippen LogP contribution is -2.04. The largest absolute Gasteiger partial charge is 0.454 e.